The maximum Gasteiger partial charge on any atom is 0.218 e. The summed E-state index contributed by atoms with van der Waals surface area (Å²) in [7, 11) is 1.59. The minimum atomic E-state index is 0.575. The third kappa shape index (κ3) is 2.56. The van der Waals surface area contributed by atoms with E-state index >= 15 is 0 Å². The first kappa shape index (κ1) is 10.7. The van der Waals surface area contributed by atoms with Crippen LogP contribution >= 0.6 is 0 Å². The van der Waals surface area contributed by atoms with Crippen molar-refractivity contribution in [3.8, 4) is 5.88 Å². The van der Waals surface area contributed by atoms with E-state index in [1.54, 1.807) is 13.2 Å². The molecule has 0 saturated carbocycles. The van der Waals surface area contributed by atoms with Gasteiger partial charge in [0.1, 0.15) is 12.1 Å². The quantitative estimate of drug-likeness (QED) is 0.732. The van der Waals surface area contributed by atoms with Crippen molar-refractivity contribution in [3.63, 3.8) is 0 Å². The third-order valence-corrected chi connectivity index (χ3v) is 1.94. The zero-order valence-electron chi connectivity index (χ0n) is 8.60. The number of methoxy groups -OCH3 is 1. The van der Waals surface area contributed by atoms with Crippen LogP contribution in [-0.4, -0.2) is 36.7 Å². The van der Waals surface area contributed by atoms with Gasteiger partial charge >= 0.3 is 0 Å². The molecule has 0 aliphatic carbocycles. The fourth-order valence-corrected chi connectivity index (χ4v) is 1.20. The summed E-state index contributed by atoms with van der Waals surface area (Å²) < 4.78 is 5.02. The first-order valence-electron chi connectivity index (χ1n) is 4.62. The number of anilines is 1. The van der Waals surface area contributed by atoms with Crippen LogP contribution < -0.4 is 15.4 Å². The lowest BCUT2D eigenvalue weighted by Gasteiger charge is -2.20. The Labute approximate surface area is 83.9 Å². The largest absolute Gasteiger partial charge is 0.481 e. The summed E-state index contributed by atoms with van der Waals surface area (Å²) in [6, 6.07) is 1.80. The molecule has 1 rings (SSSR count). The maximum atomic E-state index is 5.50. The summed E-state index contributed by atoms with van der Waals surface area (Å²) in [5.41, 5.74) is 5.50. The van der Waals surface area contributed by atoms with Gasteiger partial charge in [0.25, 0.3) is 0 Å². The van der Waals surface area contributed by atoms with Crippen LogP contribution in [-0.2, 0) is 0 Å². The van der Waals surface area contributed by atoms with Gasteiger partial charge in [0.2, 0.25) is 5.88 Å². The van der Waals surface area contributed by atoms with Crippen molar-refractivity contribution in [2.75, 3.05) is 31.6 Å². The van der Waals surface area contributed by atoms with E-state index in [0.717, 1.165) is 18.9 Å². The van der Waals surface area contributed by atoms with E-state index < -0.39 is 0 Å². The first-order valence-corrected chi connectivity index (χ1v) is 4.62. The van der Waals surface area contributed by atoms with Crippen molar-refractivity contribution in [2.45, 2.75) is 6.92 Å². The van der Waals surface area contributed by atoms with Gasteiger partial charge < -0.3 is 15.4 Å². The Morgan fingerprint density at radius 2 is 2.29 bits per heavy atom. The van der Waals surface area contributed by atoms with Crippen LogP contribution in [0.1, 0.15) is 6.92 Å². The monoisotopic (exact) mass is 196 g/mol. The number of nitrogens with two attached hydrogens (primary N) is 1. The Morgan fingerprint density at radius 1 is 1.50 bits per heavy atom. The van der Waals surface area contributed by atoms with Gasteiger partial charge in [-0.3, -0.25) is 0 Å². The van der Waals surface area contributed by atoms with Crippen LogP contribution in [0.25, 0.3) is 0 Å². The molecular formula is C9H16N4O. The highest BCUT2D eigenvalue weighted by molar-refractivity contribution is 5.40. The molecule has 0 fully saturated rings. The van der Waals surface area contributed by atoms with Gasteiger partial charge in [-0.15, -0.1) is 0 Å². The van der Waals surface area contributed by atoms with Crippen molar-refractivity contribution in [3.05, 3.63) is 12.4 Å². The van der Waals surface area contributed by atoms with Crippen molar-refractivity contribution < 1.29 is 4.74 Å². The molecule has 0 radical (unpaired) electrons. The summed E-state index contributed by atoms with van der Waals surface area (Å²) in [5, 5.41) is 0. The molecule has 78 valence electrons. The number of likely N-dealkylation sites (N-methyl/N-ethyl adjacent to an activating group) is 1. The van der Waals surface area contributed by atoms with E-state index in [2.05, 4.69) is 21.8 Å². The van der Waals surface area contributed by atoms with Gasteiger partial charge in [0, 0.05) is 25.7 Å². The molecule has 0 atom stereocenters. The highest BCUT2D eigenvalue weighted by atomic mass is 16.5. The number of hydrogen-bond acceptors (Lipinski definition) is 5. The zero-order valence-corrected chi connectivity index (χ0v) is 8.60. The molecule has 1 aromatic heterocycles. The number of hydrogen-bond donors (Lipinski definition) is 1. The van der Waals surface area contributed by atoms with E-state index in [1.165, 1.54) is 6.33 Å². The fraction of sp³-hybridized carbons (Fsp3) is 0.556. The molecule has 5 heteroatoms. The van der Waals surface area contributed by atoms with Crippen LogP contribution in [0, 0.1) is 0 Å². The second-order valence-corrected chi connectivity index (χ2v) is 2.79. The molecule has 0 aliphatic heterocycles. The van der Waals surface area contributed by atoms with E-state index in [-0.39, 0.29) is 0 Å². The van der Waals surface area contributed by atoms with Crippen LogP contribution in [0.15, 0.2) is 12.4 Å². The number of aromatic nitrogens is 2. The predicted octanol–water partition coefficient (Wildman–Crippen LogP) is 0.270. The minimum Gasteiger partial charge on any atom is -0.481 e. The summed E-state index contributed by atoms with van der Waals surface area (Å²) in [4.78, 5) is 10.2. The van der Waals surface area contributed by atoms with Crippen LogP contribution in [0.2, 0.25) is 0 Å². The molecule has 14 heavy (non-hydrogen) atoms. The molecule has 0 unspecified atom stereocenters. The molecule has 0 bridgehead atoms. The topological polar surface area (TPSA) is 64.3 Å². The first-order chi connectivity index (χ1) is 6.81. The van der Waals surface area contributed by atoms with Crippen molar-refractivity contribution in [2.24, 2.45) is 5.73 Å². The van der Waals surface area contributed by atoms with Gasteiger partial charge in [-0.1, -0.05) is 0 Å². The second kappa shape index (κ2) is 5.39. The zero-order chi connectivity index (χ0) is 10.4. The Hall–Kier alpha value is -1.36. The minimum absolute atomic E-state index is 0.575. The SMILES string of the molecule is CCN(CCN)c1cc(OC)ncn1. The van der Waals surface area contributed by atoms with Crippen molar-refractivity contribution >= 4 is 5.82 Å². The van der Waals surface area contributed by atoms with Gasteiger partial charge in [-0.2, -0.15) is 0 Å². The second-order valence-electron chi connectivity index (χ2n) is 2.79. The molecule has 1 aromatic rings. The molecule has 0 saturated heterocycles. The average Bonchev–Trinajstić information content (AvgIpc) is 2.26. The maximum absolute atomic E-state index is 5.50. The lowest BCUT2D eigenvalue weighted by atomic mass is 10.4. The summed E-state index contributed by atoms with van der Waals surface area (Å²) >= 11 is 0. The van der Waals surface area contributed by atoms with Gasteiger partial charge in [0.15, 0.2) is 0 Å². The Balaban J connectivity index is 2.80. The van der Waals surface area contributed by atoms with Gasteiger partial charge in [-0.25, -0.2) is 9.97 Å². The molecule has 0 aromatic carbocycles. The molecule has 1 heterocycles. The summed E-state index contributed by atoms with van der Waals surface area (Å²) in [6.07, 6.45) is 1.49. The smallest absolute Gasteiger partial charge is 0.218 e. The Bertz CT molecular complexity index is 279. The van der Waals surface area contributed by atoms with E-state index in [9.17, 15) is 0 Å². The van der Waals surface area contributed by atoms with E-state index in [1.807, 2.05) is 0 Å². The third-order valence-electron chi connectivity index (χ3n) is 1.94. The van der Waals surface area contributed by atoms with Gasteiger partial charge in [-0.05, 0) is 6.92 Å². The van der Waals surface area contributed by atoms with E-state index in [4.69, 9.17) is 10.5 Å². The molecule has 2 N–H and O–H groups in total. The van der Waals surface area contributed by atoms with Crippen LogP contribution in [0.4, 0.5) is 5.82 Å². The van der Waals surface area contributed by atoms with Crippen molar-refractivity contribution in [1.29, 1.82) is 0 Å². The summed E-state index contributed by atoms with van der Waals surface area (Å²) in [6.45, 7) is 4.33. The molecule has 0 aliphatic rings. The molecule has 0 amide bonds. The predicted molar refractivity (Wildman–Crippen MR) is 55.5 cm³/mol. The normalized spacial score (nSPS) is 9.93. The Morgan fingerprint density at radius 3 is 2.86 bits per heavy atom. The molecule has 0 spiro atoms. The number of rotatable bonds is 5. The number of nitrogens with zero attached hydrogens (tertiary/aromatic N) is 3. The molecular weight excluding hydrogens is 180 g/mol. The standard InChI is InChI=1S/C9H16N4O/c1-3-13(5-4-10)8-6-9(14-2)12-7-11-8/h6-7H,3-5,10H2,1-2H3. The lowest BCUT2D eigenvalue weighted by Crippen LogP contribution is -2.29. The summed E-state index contributed by atoms with van der Waals surface area (Å²) in [5.74, 6) is 1.43. The van der Waals surface area contributed by atoms with E-state index in [0.29, 0.717) is 12.4 Å². The van der Waals surface area contributed by atoms with Crippen LogP contribution in [0.5, 0.6) is 5.88 Å². The Kier molecular flexibility index (Phi) is 4.12. The van der Waals surface area contributed by atoms with Gasteiger partial charge in [0.05, 0.1) is 7.11 Å². The van der Waals surface area contributed by atoms with Crippen molar-refractivity contribution in [1.82, 2.24) is 9.97 Å². The average molecular weight is 196 g/mol. The highest BCUT2D eigenvalue weighted by Crippen LogP contribution is 2.14. The lowest BCUT2D eigenvalue weighted by molar-refractivity contribution is 0.396. The molecule has 5 nitrogen and oxygen atoms in total. The number of ether oxygens (including phenoxy) is 1. The highest BCUT2D eigenvalue weighted by Gasteiger charge is 2.05. The fourth-order valence-electron chi connectivity index (χ4n) is 1.20. The van der Waals surface area contributed by atoms with Crippen LogP contribution in [0.3, 0.4) is 0 Å².